The number of anilines is 2. The van der Waals surface area contributed by atoms with Crippen molar-refractivity contribution < 1.29 is 4.79 Å². The number of nitrogens with one attached hydrogen (secondary N) is 1. The lowest BCUT2D eigenvalue weighted by Gasteiger charge is -2.18. The number of amides is 1. The van der Waals surface area contributed by atoms with Gasteiger partial charge < -0.3 is 10.2 Å². The minimum absolute atomic E-state index is 0.0106. The lowest BCUT2D eigenvalue weighted by atomic mass is 10.2. The van der Waals surface area contributed by atoms with E-state index in [0.29, 0.717) is 0 Å². The average Bonchev–Trinajstić information content (AvgIpc) is 2.82. The monoisotopic (exact) mass is 296 g/mol. The Kier molecular flexibility index (Phi) is 4.05. The first kappa shape index (κ1) is 12.4. The van der Waals surface area contributed by atoms with E-state index in [4.69, 9.17) is 0 Å². The number of hydrogen-bond donors (Lipinski definition) is 1. The van der Waals surface area contributed by atoms with Crippen molar-refractivity contribution in [3.05, 3.63) is 24.3 Å². The summed E-state index contributed by atoms with van der Waals surface area (Å²) in [6.07, 6.45) is 2.52. The minimum Gasteiger partial charge on any atom is -0.371 e. The second kappa shape index (κ2) is 5.54. The van der Waals surface area contributed by atoms with Gasteiger partial charge in [-0.2, -0.15) is 0 Å². The zero-order chi connectivity index (χ0) is 12.3. The van der Waals surface area contributed by atoms with Gasteiger partial charge in [0.05, 0.1) is 4.83 Å². The summed E-state index contributed by atoms with van der Waals surface area (Å²) in [6.45, 7) is 4.05. The third-order valence-electron chi connectivity index (χ3n) is 2.95. The number of benzene rings is 1. The molecule has 0 spiro atoms. The van der Waals surface area contributed by atoms with E-state index in [1.165, 1.54) is 18.5 Å². The number of carbonyl (C=O) groups is 1. The summed E-state index contributed by atoms with van der Waals surface area (Å²) in [6, 6.07) is 8.05. The number of hydrogen-bond acceptors (Lipinski definition) is 2. The molecule has 1 aliphatic rings. The molecule has 1 heterocycles. The molecule has 2 rings (SSSR count). The largest absolute Gasteiger partial charge is 0.371 e. The van der Waals surface area contributed by atoms with Gasteiger partial charge in [0.1, 0.15) is 0 Å². The van der Waals surface area contributed by atoms with Gasteiger partial charge in [0, 0.05) is 24.5 Å². The SMILES string of the molecule is CC(Br)C(=O)Nc1cccc(N2CCCC2)c1. The Bertz CT molecular complexity index is 400. The van der Waals surface area contributed by atoms with E-state index in [9.17, 15) is 4.79 Å². The third-order valence-corrected chi connectivity index (χ3v) is 3.36. The number of halogens is 1. The quantitative estimate of drug-likeness (QED) is 0.870. The summed E-state index contributed by atoms with van der Waals surface area (Å²) < 4.78 is 0. The van der Waals surface area contributed by atoms with Crippen molar-refractivity contribution in [2.45, 2.75) is 24.6 Å². The molecule has 1 aliphatic heterocycles. The van der Waals surface area contributed by atoms with E-state index in [1.807, 2.05) is 25.1 Å². The van der Waals surface area contributed by atoms with Crippen LogP contribution in [0, 0.1) is 0 Å². The summed E-state index contributed by atoms with van der Waals surface area (Å²) in [4.78, 5) is 13.8. The second-order valence-electron chi connectivity index (χ2n) is 4.35. The van der Waals surface area contributed by atoms with Gasteiger partial charge in [-0.3, -0.25) is 4.79 Å². The molecule has 17 heavy (non-hydrogen) atoms. The number of alkyl halides is 1. The van der Waals surface area contributed by atoms with Crippen molar-refractivity contribution >= 4 is 33.2 Å². The Labute approximate surface area is 110 Å². The molecule has 92 valence electrons. The molecule has 1 unspecified atom stereocenters. The molecule has 1 atom stereocenters. The van der Waals surface area contributed by atoms with E-state index in [2.05, 4.69) is 32.2 Å². The highest BCUT2D eigenvalue weighted by molar-refractivity contribution is 9.10. The predicted octanol–water partition coefficient (Wildman–Crippen LogP) is 3.01. The maximum atomic E-state index is 11.6. The highest BCUT2D eigenvalue weighted by atomic mass is 79.9. The van der Waals surface area contributed by atoms with E-state index < -0.39 is 0 Å². The fourth-order valence-corrected chi connectivity index (χ4v) is 2.11. The van der Waals surface area contributed by atoms with Crippen LogP contribution < -0.4 is 10.2 Å². The van der Waals surface area contributed by atoms with E-state index >= 15 is 0 Å². The second-order valence-corrected chi connectivity index (χ2v) is 5.72. The standard InChI is InChI=1S/C13H17BrN2O/c1-10(14)13(17)15-11-5-4-6-12(9-11)16-7-2-3-8-16/h4-6,9-10H,2-3,7-8H2,1H3,(H,15,17). The maximum absolute atomic E-state index is 11.6. The van der Waals surface area contributed by atoms with E-state index in [1.54, 1.807) is 0 Å². The molecule has 1 N–H and O–H groups in total. The molecule has 1 aromatic carbocycles. The smallest absolute Gasteiger partial charge is 0.237 e. The van der Waals surface area contributed by atoms with Gasteiger partial charge >= 0.3 is 0 Å². The van der Waals surface area contributed by atoms with Crippen molar-refractivity contribution in [2.24, 2.45) is 0 Å². The fourth-order valence-electron chi connectivity index (χ4n) is 2.00. The van der Waals surface area contributed by atoms with Crippen LogP contribution >= 0.6 is 15.9 Å². The van der Waals surface area contributed by atoms with E-state index in [-0.39, 0.29) is 10.7 Å². The van der Waals surface area contributed by atoms with Crippen molar-refractivity contribution in [1.82, 2.24) is 0 Å². The molecule has 1 amide bonds. The minimum atomic E-state index is -0.169. The van der Waals surface area contributed by atoms with Crippen LogP contribution in [0.3, 0.4) is 0 Å². The molecule has 3 nitrogen and oxygen atoms in total. The van der Waals surface area contributed by atoms with Gasteiger partial charge in [0.15, 0.2) is 0 Å². The topological polar surface area (TPSA) is 32.3 Å². The Morgan fingerprint density at radius 1 is 1.41 bits per heavy atom. The first-order valence-corrected chi connectivity index (χ1v) is 6.88. The third kappa shape index (κ3) is 3.22. The highest BCUT2D eigenvalue weighted by Crippen LogP contribution is 2.23. The van der Waals surface area contributed by atoms with Crippen molar-refractivity contribution in [3.8, 4) is 0 Å². The molecular formula is C13H17BrN2O. The number of carbonyl (C=O) groups excluding carboxylic acids is 1. The van der Waals surface area contributed by atoms with Crippen LogP contribution in [0.15, 0.2) is 24.3 Å². The summed E-state index contributed by atoms with van der Waals surface area (Å²) in [5.41, 5.74) is 2.06. The molecule has 0 radical (unpaired) electrons. The Morgan fingerprint density at radius 2 is 2.12 bits per heavy atom. The first-order valence-electron chi connectivity index (χ1n) is 5.97. The Morgan fingerprint density at radius 3 is 2.76 bits per heavy atom. The molecule has 1 saturated heterocycles. The molecule has 0 bridgehead atoms. The lowest BCUT2D eigenvalue weighted by molar-refractivity contribution is -0.115. The first-order chi connectivity index (χ1) is 8.16. The maximum Gasteiger partial charge on any atom is 0.237 e. The van der Waals surface area contributed by atoms with Crippen LogP contribution in [0.5, 0.6) is 0 Å². The Hall–Kier alpha value is -1.03. The van der Waals surface area contributed by atoms with Crippen molar-refractivity contribution in [2.75, 3.05) is 23.3 Å². The van der Waals surface area contributed by atoms with Gasteiger partial charge in [0.25, 0.3) is 0 Å². The predicted molar refractivity (Wildman–Crippen MR) is 74.9 cm³/mol. The van der Waals surface area contributed by atoms with Crippen LogP contribution in [0.2, 0.25) is 0 Å². The summed E-state index contributed by atoms with van der Waals surface area (Å²) >= 11 is 3.26. The van der Waals surface area contributed by atoms with Crippen LogP contribution in [-0.4, -0.2) is 23.8 Å². The van der Waals surface area contributed by atoms with Gasteiger partial charge in [0.2, 0.25) is 5.91 Å². The van der Waals surface area contributed by atoms with E-state index in [0.717, 1.165) is 18.8 Å². The average molecular weight is 297 g/mol. The van der Waals surface area contributed by atoms with Crippen molar-refractivity contribution in [3.63, 3.8) is 0 Å². The summed E-state index contributed by atoms with van der Waals surface area (Å²) in [7, 11) is 0. The molecular weight excluding hydrogens is 280 g/mol. The van der Waals surface area contributed by atoms with Gasteiger partial charge in [-0.25, -0.2) is 0 Å². The van der Waals surface area contributed by atoms with Crippen molar-refractivity contribution in [1.29, 1.82) is 0 Å². The zero-order valence-corrected chi connectivity index (χ0v) is 11.5. The van der Waals surface area contributed by atoms with Gasteiger partial charge in [-0.1, -0.05) is 22.0 Å². The number of nitrogens with zero attached hydrogens (tertiary/aromatic N) is 1. The van der Waals surface area contributed by atoms with Crippen LogP contribution in [0.1, 0.15) is 19.8 Å². The molecule has 1 aromatic rings. The fraction of sp³-hybridized carbons (Fsp3) is 0.462. The lowest BCUT2D eigenvalue weighted by Crippen LogP contribution is -2.21. The Balaban J connectivity index is 2.08. The van der Waals surface area contributed by atoms with Gasteiger partial charge in [-0.05, 0) is 38.0 Å². The molecule has 4 heteroatoms. The van der Waals surface area contributed by atoms with Gasteiger partial charge in [-0.15, -0.1) is 0 Å². The van der Waals surface area contributed by atoms with Crippen LogP contribution in [0.4, 0.5) is 11.4 Å². The molecule has 0 saturated carbocycles. The highest BCUT2D eigenvalue weighted by Gasteiger charge is 2.13. The molecule has 0 aromatic heterocycles. The van der Waals surface area contributed by atoms with Crippen LogP contribution in [-0.2, 0) is 4.79 Å². The number of rotatable bonds is 3. The normalized spacial score (nSPS) is 16.9. The molecule has 1 fully saturated rings. The molecule has 0 aliphatic carbocycles. The summed E-state index contributed by atoms with van der Waals surface area (Å²) in [5.74, 6) is -0.0106. The summed E-state index contributed by atoms with van der Waals surface area (Å²) in [5, 5.41) is 2.89. The zero-order valence-electron chi connectivity index (χ0n) is 9.95. The van der Waals surface area contributed by atoms with Crippen LogP contribution in [0.25, 0.3) is 0 Å².